The molecule has 3 N–H and O–H groups in total. The predicted octanol–water partition coefficient (Wildman–Crippen LogP) is 1.90. The van der Waals surface area contributed by atoms with Crippen LogP contribution in [-0.2, 0) is 9.59 Å². The molecule has 0 aromatic rings. The largest absolute Gasteiger partial charge is 0.390 e. The van der Waals surface area contributed by atoms with Gasteiger partial charge in [0.1, 0.15) is 12.2 Å². The van der Waals surface area contributed by atoms with Gasteiger partial charge in [0.15, 0.2) is 17.2 Å². The van der Waals surface area contributed by atoms with E-state index in [1.807, 2.05) is 0 Å². The van der Waals surface area contributed by atoms with Crippen molar-refractivity contribution >= 4 is 11.6 Å². The zero-order valence-electron chi connectivity index (χ0n) is 16.6. The molecular formula is C22H29FO5. The molecule has 0 bridgehead atoms. The van der Waals surface area contributed by atoms with Crippen molar-refractivity contribution in [3.05, 3.63) is 23.8 Å². The summed E-state index contributed by atoms with van der Waals surface area (Å²) in [7, 11) is 0. The Balaban J connectivity index is 1.84. The average molecular weight is 392 g/mol. The molecule has 3 fully saturated rings. The van der Waals surface area contributed by atoms with Crippen molar-refractivity contribution in [1.82, 2.24) is 0 Å². The Morgan fingerprint density at radius 2 is 2.00 bits per heavy atom. The lowest BCUT2D eigenvalue weighted by Gasteiger charge is -2.62. The second-order valence-electron chi connectivity index (χ2n) is 9.75. The van der Waals surface area contributed by atoms with Crippen LogP contribution in [0.1, 0.15) is 46.5 Å². The lowest BCUT2D eigenvalue weighted by atomic mass is 9.44. The third-order valence-corrected chi connectivity index (χ3v) is 8.79. The number of aliphatic hydroxyl groups is 3. The number of hydrogen-bond acceptors (Lipinski definition) is 5. The molecule has 0 aromatic heterocycles. The molecule has 8 atom stereocenters. The van der Waals surface area contributed by atoms with Crippen molar-refractivity contribution in [1.29, 1.82) is 0 Å². The molecule has 28 heavy (non-hydrogen) atoms. The van der Waals surface area contributed by atoms with Gasteiger partial charge >= 0.3 is 0 Å². The van der Waals surface area contributed by atoms with Crippen molar-refractivity contribution in [3.63, 3.8) is 0 Å². The summed E-state index contributed by atoms with van der Waals surface area (Å²) in [4.78, 5) is 24.4. The zero-order chi connectivity index (χ0) is 20.7. The second-order valence-corrected chi connectivity index (χ2v) is 9.75. The van der Waals surface area contributed by atoms with E-state index in [-0.39, 0.29) is 18.1 Å². The number of carbonyl (C=O) groups is 2. The van der Waals surface area contributed by atoms with Crippen molar-refractivity contribution in [2.24, 2.45) is 28.6 Å². The summed E-state index contributed by atoms with van der Waals surface area (Å²) in [5.74, 6) is -2.12. The normalized spacial score (nSPS) is 52.5. The molecule has 0 unspecified atom stereocenters. The summed E-state index contributed by atoms with van der Waals surface area (Å²) in [6.07, 6.45) is 4.44. The number of aliphatic hydroxyl groups excluding tert-OH is 2. The number of alkyl halides is 1. The van der Waals surface area contributed by atoms with Crippen LogP contribution < -0.4 is 0 Å². The molecule has 0 saturated heterocycles. The highest BCUT2D eigenvalue weighted by atomic mass is 19.1. The van der Waals surface area contributed by atoms with E-state index < -0.39 is 52.4 Å². The van der Waals surface area contributed by atoms with Gasteiger partial charge in [0.2, 0.25) is 0 Å². The molecule has 3 saturated carbocycles. The third kappa shape index (κ3) is 2.01. The van der Waals surface area contributed by atoms with Crippen molar-refractivity contribution in [2.45, 2.75) is 63.8 Å². The summed E-state index contributed by atoms with van der Waals surface area (Å²) >= 11 is 0. The number of halogens is 1. The minimum absolute atomic E-state index is 0.0676. The van der Waals surface area contributed by atoms with Crippen LogP contribution in [0, 0.1) is 28.6 Å². The quantitative estimate of drug-likeness (QED) is 0.667. The van der Waals surface area contributed by atoms with Crippen LogP contribution >= 0.6 is 0 Å². The van der Waals surface area contributed by atoms with Gasteiger partial charge in [-0.3, -0.25) is 9.59 Å². The molecule has 0 aliphatic heterocycles. The molecule has 6 heteroatoms. The maximum absolute atomic E-state index is 16.9. The van der Waals surface area contributed by atoms with E-state index in [4.69, 9.17) is 0 Å². The van der Waals surface area contributed by atoms with E-state index in [0.717, 1.165) is 0 Å². The molecule has 4 aliphatic rings. The van der Waals surface area contributed by atoms with Crippen LogP contribution in [-0.4, -0.2) is 50.9 Å². The Morgan fingerprint density at radius 1 is 1.32 bits per heavy atom. The summed E-state index contributed by atoms with van der Waals surface area (Å²) < 4.78 is 16.9. The summed E-state index contributed by atoms with van der Waals surface area (Å²) in [5.41, 5.74) is -5.17. The fourth-order valence-corrected chi connectivity index (χ4v) is 7.26. The van der Waals surface area contributed by atoms with Gasteiger partial charge in [-0.2, -0.15) is 0 Å². The van der Waals surface area contributed by atoms with Crippen LogP contribution in [0.2, 0.25) is 0 Å². The van der Waals surface area contributed by atoms with Crippen molar-refractivity contribution < 1.29 is 29.3 Å². The van der Waals surface area contributed by atoms with E-state index in [9.17, 15) is 24.9 Å². The molecule has 0 spiro atoms. The molecule has 5 nitrogen and oxygen atoms in total. The molecule has 4 aliphatic carbocycles. The first kappa shape index (κ1) is 19.9. The Hall–Kier alpha value is -1.37. The lowest BCUT2D eigenvalue weighted by molar-refractivity contribution is -0.219. The summed E-state index contributed by atoms with van der Waals surface area (Å²) in [6.45, 7) is 4.48. The lowest BCUT2D eigenvalue weighted by Crippen LogP contribution is -2.69. The van der Waals surface area contributed by atoms with Crippen LogP contribution in [0.15, 0.2) is 23.8 Å². The molecule has 0 radical (unpaired) electrons. The standard InChI is InChI=1S/C22H29FO5/c1-12-8-16-15-5-4-13-9-14(25)6-7-19(13,2)21(15,23)17(26)10-20(16,3)22(12,28)18(27)11-24/h6-7,9,12,15-17,24,26,28H,4-5,8,10-11H2,1-3H3/t12-,15+,16-,17+,19-,20+,21+,22+/m1/s1. The minimum atomic E-state index is -1.98. The zero-order valence-corrected chi connectivity index (χ0v) is 16.6. The smallest absolute Gasteiger partial charge is 0.190 e. The number of ketones is 2. The Morgan fingerprint density at radius 3 is 2.64 bits per heavy atom. The summed E-state index contributed by atoms with van der Waals surface area (Å²) in [6, 6.07) is 0. The van der Waals surface area contributed by atoms with E-state index in [0.29, 0.717) is 24.8 Å². The van der Waals surface area contributed by atoms with Crippen molar-refractivity contribution in [2.75, 3.05) is 6.61 Å². The highest BCUT2D eigenvalue weighted by molar-refractivity contribution is 6.01. The van der Waals surface area contributed by atoms with E-state index in [2.05, 4.69) is 0 Å². The highest BCUT2D eigenvalue weighted by Crippen LogP contribution is 2.70. The molecule has 0 heterocycles. The first-order chi connectivity index (χ1) is 13.0. The monoisotopic (exact) mass is 392 g/mol. The van der Waals surface area contributed by atoms with Crippen LogP contribution in [0.5, 0.6) is 0 Å². The molecular weight excluding hydrogens is 363 g/mol. The SMILES string of the molecule is C[C@@H]1C[C@@H]2[C@@H]3CCC4=CC(=O)C=C[C@@]4(C)[C@@]3(F)[C@@H](O)C[C@]2(C)[C@@]1(O)C(=O)CO. The number of hydrogen-bond donors (Lipinski definition) is 3. The number of rotatable bonds is 2. The Bertz CT molecular complexity index is 805. The number of carbonyl (C=O) groups excluding carboxylic acids is 2. The topological polar surface area (TPSA) is 94.8 Å². The van der Waals surface area contributed by atoms with E-state index >= 15 is 4.39 Å². The van der Waals surface area contributed by atoms with E-state index in [1.54, 1.807) is 26.8 Å². The fraction of sp³-hybridized carbons (Fsp3) is 0.727. The molecule has 0 aromatic carbocycles. The van der Waals surface area contributed by atoms with Crippen LogP contribution in [0.3, 0.4) is 0 Å². The molecule has 0 amide bonds. The van der Waals surface area contributed by atoms with Crippen LogP contribution in [0.25, 0.3) is 0 Å². The maximum atomic E-state index is 16.9. The van der Waals surface area contributed by atoms with Gasteiger partial charge in [0.05, 0.1) is 6.10 Å². The number of Topliss-reactive ketones (excluding diaryl/α,β-unsaturated/α-hetero) is 1. The first-order valence-corrected chi connectivity index (χ1v) is 10.1. The van der Waals surface area contributed by atoms with Gasteiger partial charge in [0.25, 0.3) is 0 Å². The van der Waals surface area contributed by atoms with Gasteiger partial charge in [-0.1, -0.05) is 25.5 Å². The van der Waals surface area contributed by atoms with Gasteiger partial charge in [-0.25, -0.2) is 4.39 Å². The Labute approximate surface area is 164 Å². The number of fused-ring (bicyclic) bond motifs is 5. The molecule has 4 rings (SSSR count). The minimum Gasteiger partial charge on any atom is -0.390 e. The maximum Gasteiger partial charge on any atom is 0.190 e. The van der Waals surface area contributed by atoms with E-state index in [1.165, 1.54) is 12.2 Å². The molecule has 154 valence electrons. The fourth-order valence-electron chi connectivity index (χ4n) is 7.26. The number of allylic oxidation sites excluding steroid dienone is 4. The summed E-state index contributed by atoms with van der Waals surface area (Å²) in [5, 5.41) is 32.0. The van der Waals surface area contributed by atoms with Gasteiger partial charge in [0, 0.05) is 16.7 Å². The van der Waals surface area contributed by atoms with Gasteiger partial charge in [-0.15, -0.1) is 0 Å². The van der Waals surface area contributed by atoms with Crippen LogP contribution in [0.4, 0.5) is 4.39 Å². The van der Waals surface area contributed by atoms with Gasteiger partial charge < -0.3 is 15.3 Å². The second kappa shape index (κ2) is 5.83. The average Bonchev–Trinajstić information content (AvgIpc) is 2.84. The predicted molar refractivity (Wildman–Crippen MR) is 99.9 cm³/mol. The van der Waals surface area contributed by atoms with Crippen molar-refractivity contribution in [3.8, 4) is 0 Å². The third-order valence-electron chi connectivity index (χ3n) is 8.79. The first-order valence-electron chi connectivity index (χ1n) is 10.1. The Kier molecular flexibility index (Phi) is 4.15. The highest BCUT2D eigenvalue weighted by Gasteiger charge is 2.75. The van der Waals surface area contributed by atoms with Gasteiger partial charge in [-0.05, 0) is 56.6 Å².